The van der Waals surface area contributed by atoms with E-state index in [-0.39, 0.29) is 5.38 Å². The lowest BCUT2D eigenvalue weighted by Crippen LogP contribution is -2.20. The van der Waals surface area contributed by atoms with Gasteiger partial charge in [0.25, 0.3) is 0 Å². The average Bonchev–Trinajstić information content (AvgIpc) is 2.01. The molecule has 14 heavy (non-hydrogen) atoms. The first-order valence-electron chi connectivity index (χ1n) is 4.70. The molecule has 0 aromatic rings. The predicted molar refractivity (Wildman–Crippen MR) is 72.3 cm³/mol. The largest absolute Gasteiger partial charge is 0.387 e. The van der Waals surface area contributed by atoms with Crippen molar-refractivity contribution in [3.05, 3.63) is 12.3 Å². The SMILES string of the molecule is C=C(NCCSSC(C)(C)C)C(C)Cl. The van der Waals surface area contributed by atoms with Crippen molar-refractivity contribution in [2.75, 3.05) is 12.3 Å². The van der Waals surface area contributed by atoms with Crippen LogP contribution in [-0.2, 0) is 0 Å². The van der Waals surface area contributed by atoms with Gasteiger partial charge < -0.3 is 5.32 Å². The Morgan fingerprint density at radius 3 is 2.50 bits per heavy atom. The van der Waals surface area contributed by atoms with Crippen LogP contribution in [-0.4, -0.2) is 22.4 Å². The molecule has 0 fully saturated rings. The zero-order valence-electron chi connectivity index (χ0n) is 9.39. The molecule has 0 aromatic carbocycles. The monoisotopic (exact) mass is 253 g/mol. The second kappa shape index (κ2) is 6.91. The fraction of sp³-hybridized carbons (Fsp3) is 0.800. The summed E-state index contributed by atoms with van der Waals surface area (Å²) in [5, 5.41) is 3.22. The van der Waals surface area contributed by atoms with Crippen LogP contribution in [0.4, 0.5) is 0 Å². The topological polar surface area (TPSA) is 12.0 Å². The van der Waals surface area contributed by atoms with Gasteiger partial charge in [0.1, 0.15) is 0 Å². The van der Waals surface area contributed by atoms with Crippen molar-refractivity contribution in [3.8, 4) is 0 Å². The van der Waals surface area contributed by atoms with Gasteiger partial charge in [-0.05, 0) is 6.92 Å². The van der Waals surface area contributed by atoms with E-state index in [1.807, 2.05) is 28.5 Å². The molecule has 1 nitrogen and oxygen atoms in total. The fourth-order valence-electron chi connectivity index (χ4n) is 0.612. The van der Waals surface area contributed by atoms with Crippen molar-refractivity contribution in [2.45, 2.75) is 37.8 Å². The maximum atomic E-state index is 5.84. The number of hydrogen-bond acceptors (Lipinski definition) is 3. The third-order valence-electron chi connectivity index (χ3n) is 1.33. The lowest BCUT2D eigenvalue weighted by atomic mass is 10.3. The Hall–Kier alpha value is 0.530. The molecule has 0 spiro atoms. The minimum absolute atomic E-state index is 0.00951. The molecule has 1 atom stereocenters. The van der Waals surface area contributed by atoms with Gasteiger partial charge in [0.05, 0.1) is 5.38 Å². The quantitative estimate of drug-likeness (QED) is 0.438. The molecular formula is C10H20ClNS2. The molecule has 1 unspecified atom stereocenters. The number of allylic oxidation sites excluding steroid dienone is 1. The highest BCUT2D eigenvalue weighted by atomic mass is 35.5. The summed E-state index contributed by atoms with van der Waals surface area (Å²) in [7, 11) is 3.79. The third kappa shape index (κ3) is 9.10. The Bertz CT molecular complexity index is 175. The molecule has 0 aliphatic rings. The van der Waals surface area contributed by atoms with Gasteiger partial charge in [-0.3, -0.25) is 0 Å². The first-order valence-corrected chi connectivity index (χ1v) is 7.46. The standard InChI is InChI=1S/C10H20ClNS2/c1-8(11)9(2)12-6-7-13-14-10(3,4)5/h8,12H,2,6-7H2,1,3-5H3. The molecule has 0 bridgehead atoms. The summed E-state index contributed by atoms with van der Waals surface area (Å²) in [6.07, 6.45) is 0. The summed E-state index contributed by atoms with van der Waals surface area (Å²) in [5.74, 6) is 1.07. The Morgan fingerprint density at radius 1 is 1.50 bits per heavy atom. The van der Waals surface area contributed by atoms with E-state index in [4.69, 9.17) is 11.6 Å². The molecule has 84 valence electrons. The van der Waals surface area contributed by atoms with Crippen LogP contribution in [0.5, 0.6) is 0 Å². The number of hydrogen-bond donors (Lipinski definition) is 1. The summed E-state index contributed by atoms with van der Waals surface area (Å²) in [4.78, 5) is 0. The summed E-state index contributed by atoms with van der Waals surface area (Å²) in [5.41, 5.74) is 0.910. The van der Waals surface area contributed by atoms with Crippen LogP contribution >= 0.6 is 33.2 Å². The van der Waals surface area contributed by atoms with Gasteiger partial charge in [0, 0.05) is 22.7 Å². The highest BCUT2D eigenvalue weighted by Crippen LogP contribution is 2.34. The molecule has 0 rings (SSSR count). The second-order valence-corrected chi connectivity index (χ2v) is 7.98. The number of alkyl halides is 1. The molecule has 0 aliphatic carbocycles. The Morgan fingerprint density at radius 2 is 2.07 bits per heavy atom. The highest BCUT2D eigenvalue weighted by Gasteiger charge is 2.10. The molecule has 0 heterocycles. The highest BCUT2D eigenvalue weighted by molar-refractivity contribution is 8.77. The molecule has 0 amide bonds. The average molecular weight is 254 g/mol. The summed E-state index contributed by atoms with van der Waals surface area (Å²) in [6, 6.07) is 0. The van der Waals surface area contributed by atoms with E-state index in [1.165, 1.54) is 0 Å². The normalized spacial score (nSPS) is 13.8. The Balaban J connectivity index is 3.35. The second-order valence-electron chi connectivity index (χ2n) is 4.09. The predicted octanol–water partition coefficient (Wildman–Crippen LogP) is 3.90. The van der Waals surface area contributed by atoms with Crippen LogP contribution in [0.3, 0.4) is 0 Å². The first kappa shape index (κ1) is 14.5. The van der Waals surface area contributed by atoms with E-state index in [0.29, 0.717) is 4.75 Å². The van der Waals surface area contributed by atoms with Crippen LogP contribution in [0.25, 0.3) is 0 Å². The summed E-state index contributed by atoms with van der Waals surface area (Å²) < 4.78 is 0.335. The minimum atomic E-state index is 0.00951. The molecule has 0 aliphatic heterocycles. The van der Waals surface area contributed by atoms with Crippen LogP contribution in [0.1, 0.15) is 27.7 Å². The van der Waals surface area contributed by atoms with E-state index in [0.717, 1.165) is 18.0 Å². The van der Waals surface area contributed by atoms with E-state index in [2.05, 4.69) is 32.7 Å². The van der Waals surface area contributed by atoms with Crippen LogP contribution in [0.2, 0.25) is 0 Å². The van der Waals surface area contributed by atoms with Crippen molar-refractivity contribution in [3.63, 3.8) is 0 Å². The van der Waals surface area contributed by atoms with Gasteiger partial charge >= 0.3 is 0 Å². The zero-order valence-corrected chi connectivity index (χ0v) is 11.8. The lowest BCUT2D eigenvalue weighted by molar-refractivity contribution is 0.809. The number of halogens is 1. The molecule has 4 heteroatoms. The zero-order chi connectivity index (χ0) is 11.2. The molecule has 0 saturated heterocycles. The van der Waals surface area contributed by atoms with Gasteiger partial charge in [-0.1, -0.05) is 48.9 Å². The van der Waals surface area contributed by atoms with Crippen molar-refractivity contribution >= 4 is 33.2 Å². The lowest BCUT2D eigenvalue weighted by Gasteiger charge is -2.16. The summed E-state index contributed by atoms with van der Waals surface area (Å²) >= 11 is 5.84. The van der Waals surface area contributed by atoms with Gasteiger partial charge in [0.2, 0.25) is 0 Å². The minimum Gasteiger partial charge on any atom is -0.387 e. The van der Waals surface area contributed by atoms with Crippen molar-refractivity contribution < 1.29 is 0 Å². The molecule has 0 saturated carbocycles. The molecule has 0 radical (unpaired) electrons. The van der Waals surface area contributed by atoms with Crippen LogP contribution < -0.4 is 5.32 Å². The maximum Gasteiger partial charge on any atom is 0.0697 e. The fourth-order valence-corrected chi connectivity index (χ4v) is 2.87. The van der Waals surface area contributed by atoms with E-state index in [9.17, 15) is 0 Å². The molecule has 0 aromatic heterocycles. The van der Waals surface area contributed by atoms with Crippen LogP contribution in [0.15, 0.2) is 12.3 Å². The maximum absolute atomic E-state index is 5.84. The first-order chi connectivity index (χ1) is 6.33. The summed E-state index contributed by atoms with van der Waals surface area (Å²) in [6.45, 7) is 13.4. The van der Waals surface area contributed by atoms with Crippen molar-refractivity contribution in [1.82, 2.24) is 5.32 Å². The molecule has 1 N–H and O–H groups in total. The third-order valence-corrected chi connectivity index (χ3v) is 4.93. The van der Waals surface area contributed by atoms with Crippen LogP contribution in [0, 0.1) is 0 Å². The van der Waals surface area contributed by atoms with Gasteiger partial charge in [-0.15, -0.1) is 11.6 Å². The van der Waals surface area contributed by atoms with Crippen molar-refractivity contribution in [1.29, 1.82) is 0 Å². The van der Waals surface area contributed by atoms with Gasteiger partial charge in [0.15, 0.2) is 0 Å². The van der Waals surface area contributed by atoms with E-state index < -0.39 is 0 Å². The number of rotatable bonds is 6. The van der Waals surface area contributed by atoms with E-state index in [1.54, 1.807) is 0 Å². The van der Waals surface area contributed by atoms with Gasteiger partial charge in [-0.2, -0.15) is 0 Å². The van der Waals surface area contributed by atoms with E-state index >= 15 is 0 Å². The Kier molecular flexibility index (Phi) is 7.17. The smallest absolute Gasteiger partial charge is 0.0697 e. The Labute approximate surface area is 101 Å². The van der Waals surface area contributed by atoms with Gasteiger partial charge in [-0.25, -0.2) is 0 Å². The molecular weight excluding hydrogens is 234 g/mol. The number of nitrogens with one attached hydrogen (secondary N) is 1. The van der Waals surface area contributed by atoms with Crippen molar-refractivity contribution in [2.24, 2.45) is 0 Å².